The Bertz CT molecular complexity index is 152. The van der Waals surface area contributed by atoms with Crippen LogP contribution >= 0.6 is 0 Å². The van der Waals surface area contributed by atoms with Crippen molar-refractivity contribution >= 4 is 0 Å². The third-order valence-corrected chi connectivity index (χ3v) is 3.79. The van der Waals surface area contributed by atoms with Crippen LogP contribution in [-0.2, 0) is 0 Å². The Morgan fingerprint density at radius 1 is 0.941 bits per heavy atom. The van der Waals surface area contributed by atoms with E-state index in [1.807, 2.05) is 0 Å². The minimum absolute atomic E-state index is 0.864. The summed E-state index contributed by atoms with van der Waals surface area (Å²) in [5.74, 6) is 1.01. The highest BCUT2D eigenvalue weighted by Gasteiger charge is 2.35. The highest BCUT2D eigenvalue weighted by molar-refractivity contribution is 4.92. The van der Waals surface area contributed by atoms with Gasteiger partial charge in [0, 0.05) is 6.04 Å². The molecule has 2 nitrogen and oxygen atoms in total. The first-order valence-electron chi connectivity index (χ1n) is 7.82. The molecule has 0 saturated heterocycles. The molecule has 0 aliphatic heterocycles. The number of hydrogen-bond donors (Lipinski definition) is 2. The summed E-state index contributed by atoms with van der Waals surface area (Å²) in [4.78, 5) is 0. The molecule has 2 heteroatoms. The molecule has 0 radical (unpaired) electrons. The molecule has 1 fully saturated rings. The quantitative estimate of drug-likeness (QED) is 0.511. The van der Waals surface area contributed by atoms with Crippen LogP contribution in [0.15, 0.2) is 0 Å². The fraction of sp³-hybridized carbons (Fsp3) is 1.00. The van der Waals surface area contributed by atoms with Crippen LogP contribution in [0.2, 0.25) is 0 Å². The Balaban J connectivity index is 1.78. The lowest BCUT2D eigenvalue weighted by atomic mass is 10.1. The molecular formula is C15H32N2. The van der Waals surface area contributed by atoms with Crippen LogP contribution in [0, 0.1) is 5.92 Å². The largest absolute Gasteiger partial charge is 0.317 e. The van der Waals surface area contributed by atoms with Gasteiger partial charge < -0.3 is 10.6 Å². The van der Waals surface area contributed by atoms with Gasteiger partial charge in [-0.3, -0.25) is 0 Å². The van der Waals surface area contributed by atoms with Crippen LogP contribution in [0.1, 0.15) is 65.2 Å². The normalized spacial score (nSPS) is 22.9. The van der Waals surface area contributed by atoms with E-state index in [9.17, 15) is 0 Å². The second-order valence-electron chi connectivity index (χ2n) is 5.47. The van der Waals surface area contributed by atoms with E-state index < -0.39 is 0 Å². The summed E-state index contributed by atoms with van der Waals surface area (Å²) in [6.45, 7) is 7.92. The van der Waals surface area contributed by atoms with E-state index in [2.05, 4.69) is 24.5 Å². The molecular weight excluding hydrogens is 208 g/mol. The van der Waals surface area contributed by atoms with Gasteiger partial charge in [0.1, 0.15) is 0 Å². The lowest BCUT2D eigenvalue weighted by molar-refractivity contribution is 0.539. The Labute approximate surface area is 108 Å². The molecule has 1 aliphatic carbocycles. The maximum absolute atomic E-state index is 3.68. The smallest absolute Gasteiger partial charge is 0.00991 e. The van der Waals surface area contributed by atoms with Crippen LogP contribution in [0.4, 0.5) is 0 Å². The monoisotopic (exact) mass is 240 g/mol. The average molecular weight is 240 g/mol. The van der Waals surface area contributed by atoms with Crippen molar-refractivity contribution in [2.45, 2.75) is 71.3 Å². The predicted molar refractivity (Wildman–Crippen MR) is 76.4 cm³/mol. The third kappa shape index (κ3) is 7.77. The van der Waals surface area contributed by atoms with E-state index in [1.54, 1.807) is 0 Å². The fourth-order valence-corrected chi connectivity index (χ4v) is 2.50. The predicted octanol–water partition coefficient (Wildman–Crippen LogP) is 3.32. The highest BCUT2D eigenvalue weighted by Crippen LogP contribution is 2.35. The average Bonchev–Trinajstić information content (AvgIpc) is 3.07. The Hall–Kier alpha value is -0.0800. The number of hydrogen-bond acceptors (Lipinski definition) is 2. The van der Waals surface area contributed by atoms with E-state index >= 15 is 0 Å². The minimum atomic E-state index is 0.864. The summed E-state index contributed by atoms with van der Waals surface area (Å²) < 4.78 is 0. The zero-order chi connectivity index (χ0) is 12.3. The standard InChI is InChI=1S/C15H32N2/c1-3-5-6-7-8-10-14-13-15(14)17-12-9-11-16-4-2/h14-17H,3-13H2,1-2H3. The molecule has 0 amide bonds. The number of rotatable bonds is 12. The van der Waals surface area contributed by atoms with Crippen molar-refractivity contribution in [1.29, 1.82) is 0 Å². The summed E-state index contributed by atoms with van der Waals surface area (Å²) in [7, 11) is 0. The molecule has 17 heavy (non-hydrogen) atoms. The van der Waals surface area contributed by atoms with Crippen molar-refractivity contribution in [2.75, 3.05) is 19.6 Å². The van der Waals surface area contributed by atoms with Crippen molar-refractivity contribution in [3.8, 4) is 0 Å². The van der Waals surface area contributed by atoms with Crippen LogP contribution in [0.5, 0.6) is 0 Å². The number of unbranched alkanes of at least 4 members (excludes halogenated alkanes) is 4. The van der Waals surface area contributed by atoms with E-state index in [4.69, 9.17) is 0 Å². The van der Waals surface area contributed by atoms with Gasteiger partial charge in [0.2, 0.25) is 0 Å². The molecule has 102 valence electrons. The summed E-state index contributed by atoms with van der Waals surface area (Å²) in [5.41, 5.74) is 0. The molecule has 1 aliphatic rings. The summed E-state index contributed by atoms with van der Waals surface area (Å²) in [5, 5.41) is 7.05. The van der Waals surface area contributed by atoms with Gasteiger partial charge in [0.25, 0.3) is 0 Å². The van der Waals surface area contributed by atoms with Crippen molar-refractivity contribution in [3.63, 3.8) is 0 Å². The van der Waals surface area contributed by atoms with E-state index in [0.29, 0.717) is 0 Å². The second-order valence-corrected chi connectivity index (χ2v) is 5.47. The molecule has 2 N–H and O–H groups in total. The van der Waals surface area contributed by atoms with Gasteiger partial charge in [-0.15, -0.1) is 0 Å². The molecule has 1 saturated carbocycles. The zero-order valence-corrected chi connectivity index (χ0v) is 11.9. The summed E-state index contributed by atoms with van der Waals surface area (Å²) in [6.07, 6.45) is 11.3. The van der Waals surface area contributed by atoms with E-state index in [1.165, 1.54) is 57.9 Å². The third-order valence-electron chi connectivity index (χ3n) is 3.79. The summed E-state index contributed by atoms with van der Waals surface area (Å²) in [6, 6.07) is 0.864. The zero-order valence-electron chi connectivity index (χ0n) is 11.9. The molecule has 0 aromatic carbocycles. The SMILES string of the molecule is CCCCCCCC1CC1NCCCNCC. The van der Waals surface area contributed by atoms with Gasteiger partial charge in [-0.2, -0.15) is 0 Å². The van der Waals surface area contributed by atoms with Gasteiger partial charge in [-0.1, -0.05) is 46.0 Å². The topological polar surface area (TPSA) is 24.1 Å². The van der Waals surface area contributed by atoms with Crippen molar-refractivity contribution in [1.82, 2.24) is 10.6 Å². The molecule has 0 bridgehead atoms. The molecule has 2 unspecified atom stereocenters. The molecule has 0 heterocycles. The Morgan fingerprint density at radius 3 is 2.53 bits per heavy atom. The first kappa shape index (κ1) is 15.0. The first-order chi connectivity index (χ1) is 8.38. The maximum Gasteiger partial charge on any atom is 0.00991 e. The van der Waals surface area contributed by atoms with Crippen molar-refractivity contribution in [3.05, 3.63) is 0 Å². The van der Waals surface area contributed by atoms with Gasteiger partial charge in [-0.25, -0.2) is 0 Å². The first-order valence-corrected chi connectivity index (χ1v) is 7.82. The Kier molecular flexibility index (Phi) is 8.72. The fourth-order valence-electron chi connectivity index (χ4n) is 2.50. The second kappa shape index (κ2) is 9.90. The molecule has 2 atom stereocenters. The van der Waals surface area contributed by atoms with Crippen molar-refractivity contribution in [2.24, 2.45) is 5.92 Å². The Morgan fingerprint density at radius 2 is 1.76 bits per heavy atom. The molecule has 0 aromatic rings. The van der Waals surface area contributed by atoms with E-state index in [0.717, 1.165) is 25.0 Å². The lowest BCUT2D eigenvalue weighted by Gasteiger charge is -2.04. The number of nitrogens with one attached hydrogen (secondary N) is 2. The minimum Gasteiger partial charge on any atom is -0.317 e. The van der Waals surface area contributed by atoms with Gasteiger partial charge in [0.05, 0.1) is 0 Å². The van der Waals surface area contributed by atoms with Crippen LogP contribution in [0.3, 0.4) is 0 Å². The molecule has 0 spiro atoms. The van der Waals surface area contributed by atoms with Gasteiger partial charge in [-0.05, 0) is 44.8 Å². The van der Waals surface area contributed by atoms with Crippen LogP contribution in [0.25, 0.3) is 0 Å². The molecule has 0 aromatic heterocycles. The van der Waals surface area contributed by atoms with Gasteiger partial charge in [0.15, 0.2) is 0 Å². The van der Waals surface area contributed by atoms with E-state index in [-0.39, 0.29) is 0 Å². The van der Waals surface area contributed by atoms with Crippen molar-refractivity contribution < 1.29 is 0 Å². The maximum atomic E-state index is 3.68. The molecule has 1 rings (SSSR count). The van der Waals surface area contributed by atoms with Crippen LogP contribution < -0.4 is 10.6 Å². The van der Waals surface area contributed by atoms with Crippen LogP contribution in [-0.4, -0.2) is 25.7 Å². The highest BCUT2D eigenvalue weighted by atomic mass is 15.0. The van der Waals surface area contributed by atoms with Gasteiger partial charge >= 0.3 is 0 Å². The lowest BCUT2D eigenvalue weighted by Crippen LogP contribution is -2.24. The summed E-state index contributed by atoms with van der Waals surface area (Å²) >= 11 is 0.